The first-order valence-electron chi connectivity index (χ1n) is 8.01. The van der Waals surface area contributed by atoms with Gasteiger partial charge in [0.05, 0.1) is 5.52 Å². The number of likely N-dealkylation sites (N-methyl/N-ethyl adjacent to an activating group) is 1. The van der Waals surface area contributed by atoms with Crippen LogP contribution in [0.15, 0.2) is 30.5 Å². The molecule has 0 bridgehead atoms. The summed E-state index contributed by atoms with van der Waals surface area (Å²) in [5, 5.41) is 4.66. The summed E-state index contributed by atoms with van der Waals surface area (Å²) in [6.07, 6.45) is 5.68. The van der Waals surface area contributed by atoms with E-state index < -0.39 is 0 Å². The van der Waals surface area contributed by atoms with Crippen molar-refractivity contribution in [2.45, 2.75) is 45.2 Å². The van der Waals surface area contributed by atoms with Crippen molar-refractivity contribution in [3.8, 4) is 0 Å². The van der Waals surface area contributed by atoms with E-state index in [0.717, 1.165) is 29.9 Å². The van der Waals surface area contributed by atoms with Gasteiger partial charge < -0.3 is 10.2 Å². The molecule has 1 fully saturated rings. The van der Waals surface area contributed by atoms with Crippen molar-refractivity contribution in [3.05, 3.63) is 30.5 Å². The maximum atomic E-state index is 4.78. The van der Waals surface area contributed by atoms with Crippen LogP contribution >= 0.6 is 0 Å². The van der Waals surface area contributed by atoms with E-state index >= 15 is 0 Å². The molecule has 1 N–H and O–H groups in total. The van der Waals surface area contributed by atoms with E-state index in [2.05, 4.69) is 41.2 Å². The number of nitrogens with one attached hydrogen (secondary N) is 1. The number of para-hydroxylation sites is 1. The normalized spacial score (nSPS) is 20.7. The van der Waals surface area contributed by atoms with E-state index in [-0.39, 0.29) is 0 Å². The summed E-state index contributed by atoms with van der Waals surface area (Å²) in [4.78, 5) is 11.8. The van der Waals surface area contributed by atoms with Gasteiger partial charge in [0.25, 0.3) is 0 Å². The van der Waals surface area contributed by atoms with Crippen molar-refractivity contribution < 1.29 is 0 Å². The van der Waals surface area contributed by atoms with E-state index in [1.54, 1.807) is 0 Å². The number of hydrogen-bond donors (Lipinski definition) is 1. The van der Waals surface area contributed by atoms with Crippen LogP contribution in [0.2, 0.25) is 0 Å². The number of piperidine rings is 1. The highest BCUT2D eigenvalue weighted by Gasteiger charge is 2.28. The molecule has 112 valence electrons. The first kappa shape index (κ1) is 14.3. The van der Waals surface area contributed by atoms with Gasteiger partial charge in [0.1, 0.15) is 0 Å². The van der Waals surface area contributed by atoms with Crippen LogP contribution in [0.3, 0.4) is 0 Å². The van der Waals surface area contributed by atoms with E-state index in [1.807, 2.05) is 18.3 Å². The number of nitrogens with zero attached hydrogens (tertiary/aromatic N) is 3. The lowest BCUT2D eigenvalue weighted by molar-refractivity contribution is 0.368. The number of aromatic nitrogens is 2. The second-order valence-electron chi connectivity index (χ2n) is 5.83. The first-order valence-corrected chi connectivity index (χ1v) is 8.01. The molecule has 3 rings (SSSR count). The highest BCUT2D eigenvalue weighted by Crippen LogP contribution is 2.25. The Morgan fingerprint density at radius 3 is 3.05 bits per heavy atom. The molecule has 21 heavy (non-hydrogen) atoms. The van der Waals surface area contributed by atoms with Gasteiger partial charge in [-0.25, -0.2) is 9.97 Å². The van der Waals surface area contributed by atoms with Crippen LogP contribution in [-0.4, -0.2) is 35.1 Å². The zero-order valence-electron chi connectivity index (χ0n) is 12.9. The third kappa shape index (κ3) is 3.00. The molecule has 0 spiro atoms. The maximum Gasteiger partial charge on any atom is 0.226 e. The molecule has 1 aliphatic heterocycles. The van der Waals surface area contributed by atoms with Crippen molar-refractivity contribution in [2.24, 2.45) is 0 Å². The molecular formula is C17H24N4. The predicted octanol–water partition coefficient (Wildman–Crippen LogP) is 2.99. The lowest BCUT2D eigenvalue weighted by Crippen LogP contribution is -2.51. The van der Waals surface area contributed by atoms with Crippen LogP contribution in [0.1, 0.15) is 33.1 Å². The Morgan fingerprint density at radius 1 is 1.33 bits per heavy atom. The van der Waals surface area contributed by atoms with Crippen molar-refractivity contribution >= 4 is 16.9 Å². The van der Waals surface area contributed by atoms with Crippen molar-refractivity contribution in [1.82, 2.24) is 15.3 Å². The topological polar surface area (TPSA) is 41.0 Å². The number of hydrogen-bond acceptors (Lipinski definition) is 4. The Labute approximate surface area is 126 Å². The summed E-state index contributed by atoms with van der Waals surface area (Å²) in [7, 11) is 0. The quantitative estimate of drug-likeness (QED) is 0.937. The minimum Gasteiger partial charge on any atom is -0.336 e. The van der Waals surface area contributed by atoms with Gasteiger partial charge in [-0.05, 0) is 38.8 Å². The fraction of sp³-hybridized carbons (Fsp3) is 0.529. The molecule has 2 heterocycles. The van der Waals surface area contributed by atoms with Crippen LogP contribution in [0.25, 0.3) is 10.9 Å². The van der Waals surface area contributed by atoms with E-state index in [1.165, 1.54) is 19.3 Å². The Bertz CT molecular complexity index is 598. The molecule has 4 nitrogen and oxygen atoms in total. The molecular weight excluding hydrogens is 260 g/mol. The van der Waals surface area contributed by atoms with E-state index in [9.17, 15) is 0 Å². The zero-order chi connectivity index (χ0) is 14.7. The highest BCUT2D eigenvalue weighted by molar-refractivity contribution is 5.78. The average Bonchev–Trinajstić information content (AvgIpc) is 2.54. The van der Waals surface area contributed by atoms with Crippen LogP contribution in [0.4, 0.5) is 5.95 Å². The maximum absolute atomic E-state index is 4.78. The molecule has 1 aromatic heterocycles. The summed E-state index contributed by atoms with van der Waals surface area (Å²) in [6.45, 7) is 6.49. The number of anilines is 1. The molecule has 0 radical (unpaired) electrons. The van der Waals surface area contributed by atoms with Crippen molar-refractivity contribution in [3.63, 3.8) is 0 Å². The lowest BCUT2D eigenvalue weighted by Gasteiger charge is -2.39. The van der Waals surface area contributed by atoms with Gasteiger partial charge >= 0.3 is 0 Å². The first-order chi connectivity index (χ1) is 10.3. The Balaban J connectivity index is 1.90. The largest absolute Gasteiger partial charge is 0.336 e. The predicted molar refractivity (Wildman–Crippen MR) is 87.7 cm³/mol. The fourth-order valence-electron chi connectivity index (χ4n) is 3.28. The summed E-state index contributed by atoms with van der Waals surface area (Å²) >= 11 is 0. The minimum atomic E-state index is 0.463. The summed E-state index contributed by atoms with van der Waals surface area (Å²) in [5.74, 6) is 0.878. The minimum absolute atomic E-state index is 0.463. The van der Waals surface area contributed by atoms with Gasteiger partial charge in [0, 0.05) is 30.2 Å². The molecule has 1 aromatic carbocycles. The Kier molecular flexibility index (Phi) is 4.34. The van der Waals surface area contributed by atoms with Crippen LogP contribution in [0.5, 0.6) is 0 Å². The van der Waals surface area contributed by atoms with Gasteiger partial charge in [-0.2, -0.15) is 0 Å². The van der Waals surface area contributed by atoms with Gasteiger partial charge in [0.15, 0.2) is 0 Å². The molecule has 1 aliphatic rings. The molecule has 2 atom stereocenters. The molecule has 0 aliphatic carbocycles. The molecule has 2 unspecified atom stereocenters. The average molecular weight is 284 g/mol. The van der Waals surface area contributed by atoms with Gasteiger partial charge in [-0.1, -0.05) is 25.1 Å². The molecule has 1 saturated heterocycles. The Hall–Kier alpha value is -1.68. The second kappa shape index (κ2) is 6.39. The summed E-state index contributed by atoms with van der Waals surface area (Å²) in [6, 6.07) is 9.14. The summed E-state index contributed by atoms with van der Waals surface area (Å²) in [5.41, 5.74) is 1.03. The molecule has 0 amide bonds. The fourth-order valence-corrected chi connectivity index (χ4v) is 3.28. The third-order valence-electron chi connectivity index (χ3n) is 4.39. The van der Waals surface area contributed by atoms with E-state index in [4.69, 9.17) is 4.98 Å². The van der Waals surface area contributed by atoms with Gasteiger partial charge in [-0.15, -0.1) is 0 Å². The Morgan fingerprint density at radius 2 is 2.19 bits per heavy atom. The lowest BCUT2D eigenvalue weighted by atomic mass is 9.97. The standard InChI is InChI=1S/C17H24N4/c1-3-18-13(2)16-10-6-7-11-21(16)17-19-12-14-8-4-5-9-15(14)20-17/h4-5,8-9,12-13,16,18H,3,6-7,10-11H2,1-2H3. The van der Waals surface area contributed by atoms with Crippen LogP contribution in [-0.2, 0) is 0 Å². The SMILES string of the molecule is CCNC(C)C1CCCCN1c1ncc2ccccc2n1. The smallest absolute Gasteiger partial charge is 0.226 e. The molecule has 4 heteroatoms. The number of rotatable bonds is 4. The van der Waals surface area contributed by atoms with Gasteiger partial charge in [0.2, 0.25) is 5.95 Å². The van der Waals surface area contributed by atoms with Crippen molar-refractivity contribution in [2.75, 3.05) is 18.0 Å². The van der Waals surface area contributed by atoms with Crippen molar-refractivity contribution in [1.29, 1.82) is 0 Å². The number of fused-ring (bicyclic) bond motifs is 1. The van der Waals surface area contributed by atoms with E-state index in [0.29, 0.717) is 12.1 Å². The van der Waals surface area contributed by atoms with Gasteiger partial charge in [-0.3, -0.25) is 0 Å². The zero-order valence-corrected chi connectivity index (χ0v) is 12.9. The van der Waals surface area contributed by atoms with Crippen LogP contribution in [0, 0.1) is 0 Å². The monoisotopic (exact) mass is 284 g/mol. The molecule has 0 saturated carbocycles. The second-order valence-corrected chi connectivity index (χ2v) is 5.83. The number of benzene rings is 1. The van der Waals surface area contributed by atoms with Crippen LogP contribution < -0.4 is 10.2 Å². The molecule has 2 aromatic rings. The highest BCUT2D eigenvalue weighted by atomic mass is 15.3. The third-order valence-corrected chi connectivity index (χ3v) is 4.39. The summed E-state index contributed by atoms with van der Waals surface area (Å²) < 4.78 is 0.